The number of rotatable bonds is 1. The number of amides is 1. The number of nitrogens with zero attached hydrogens (tertiary/aromatic N) is 2. The van der Waals surface area contributed by atoms with E-state index in [2.05, 4.69) is 24.1 Å². The molecular weight excluding hydrogens is 238 g/mol. The van der Waals surface area contributed by atoms with Gasteiger partial charge in [-0.05, 0) is 19.9 Å². The molecule has 0 unspecified atom stereocenters. The highest BCUT2D eigenvalue weighted by atomic mass is 35.5. The molecule has 0 radical (unpaired) electrons. The molecule has 2 heterocycles. The summed E-state index contributed by atoms with van der Waals surface area (Å²) in [5, 5.41) is 3.80. The van der Waals surface area contributed by atoms with Crippen molar-refractivity contribution in [1.82, 2.24) is 15.2 Å². The SMILES string of the molecule is C[C@H]1CN(C(=O)c2ccncc2Cl)C[C@H](C)N1. The predicted molar refractivity (Wildman–Crippen MR) is 67.2 cm³/mol. The molecule has 0 aliphatic carbocycles. The van der Waals surface area contributed by atoms with Crippen molar-refractivity contribution < 1.29 is 4.79 Å². The van der Waals surface area contributed by atoms with Crippen molar-refractivity contribution in [2.75, 3.05) is 13.1 Å². The molecule has 0 spiro atoms. The lowest BCUT2D eigenvalue weighted by Gasteiger charge is -2.36. The molecule has 1 aliphatic rings. The average Bonchev–Trinajstić information content (AvgIpc) is 2.27. The van der Waals surface area contributed by atoms with Gasteiger partial charge in [-0.3, -0.25) is 9.78 Å². The molecule has 2 atom stereocenters. The number of nitrogens with one attached hydrogen (secondary N) is 1. The molecule has 0 saturated carbocycles. The van der Waals surface area contributed by atoms with Gasteiger partial charge in [0.25, 0.3) is 5.91 Å². The van der Waals surface area contributed by atoms with Crippen LogP contribution in [0.3, 0.4) is 0 Å². The van der Waals surface area contributed by atoms with E-state index >= 15 is 0 Å². The van der Waals surface area contributed by atoms with Crippen molar-refractivity contribution in [1.29, 1.82) is 0 Å². The van der Waals surface area contributed by atoms with Crippen molar-refractivity contribution in [3.05, 3.63) is 29.0 Å². The van der Waals surface area contributed by atoms with Crippen molar-refractivity contribution in [3.63, 3.8) is 0 Å². The Balaban J connectivity index is 2.17. The first kappa shape index (κ1) is 12.3. The summed E-state index contributed by atoms with van der Waals surface area (Å²) in [4.78, 5) is 18.0. The van der Waals surface area contributed by atoms with Gasteiger partial charge < -0.3 is 10.2 Å². The molecule has 17 heavy (non-hydrogen) atoms. The molecular formula is C12H16ClN3O. The molecule has 2 rings (SSSR count). The van der Waals surface area contributed by atoms with Gasteiger partial charge in [-0.25, -0.2) is 0 Å². The third kappa shape index (κ3) is 2.76. The fourth-order valence-electron chi connectivity index (χ4n) is 2.21. The number of aromatic nitrogens is 1. The van der Waals surface area contributed by atoms with Gasteiger partial charge in [0.15, 0.2) is 0 Å². The third-order valence-electron chi connectivity index (χ3n) is 2.85. The summed E-state index contributed by atoms with van der Waals surface area (Å²) in [6, 6.07) is 2.29. The molecule has 1 fully saturated rings. The molecule has 1 amide bonds. The third-order valence-corrected chi connectivity index (χ3v) is 3.15. The van der Waals surface area contributed by atoms with E-state index in [0.717, 1.165) is 0 Å². The molecule has 92 valence electrons. The van der Waals surface area contributed by atoms with Crippen LogP contribution in [0.25, 0.3) is 0 Å². The highest BCUT2D eigenvalue weighted by Crippen LogP contribution is 2.17. The Kier molecular flexibility index (Phi) is 3.64. The average molecular weight is 254 g/mol. The Labute approximate surface area is 106 Å². The highest BCUT2D eigenvalue weighted by Gasteiger charge is 2.26. The van der Waals surface area contributed by atoms with E-state index in [4.69, 9.17) is 11.6 Å². The number of piperazine rings is 1. The van der Waals surface area contributed by atoms with Crippen LogP contribution in [0.1, 0.15) is 24.2 Å². The Morgan fingerprint density at radius 3 is 2.71 bits per heavy atom. The zero-order valence-electron chi connectivity index (χ0n) is 9.98. The summed E-state index contributed by atoms with van der Waals surface area (Å²) in [6.45, 7) is 5.57. The molecule has 0 aromatic carbocycles. The number of hydrogen-bond donors (Lipinski definition) is 1. The summed E-state index contributed by atoms with van der Waals surface area (Å²) in [5.74, 6) is -0.0161. The van der Waals surface area contributed by atoms with E-state index in [-0.39, 0.29) is 5.91 Å². The van der Waals surface area contributed by atoms with Crippen LogP contribution in [-0.4, -0.2) is 41.0 Å². The standard InChI is InChI=1S/C12H16ClN3O/c1-8-6-16(7-9(2)15-8)12(17)10-3-4-14-5-11(10)13/h3-5,8-9,15H,6-7H2,1-2H3/t8-,9-/m0/s1. The van der Waals surface area contributed by atoms with E-state index in [1.807, 2.05) is 4.90 Å². The van der Waals surface area contributed by atoms with E-state index in [9.17, 15) is 4.79 Å². The zero-order valence-corrected chi connectivity index (χ0v) is 10.7. The molecule has 1 aromatic heterocycles. The molecule has 1 aromatic rings. The smallest absolute Gasteiger partial charge is 0.255 e. The minimum atomic E-state index is -0.0161. The lowest BCUT2D eigenvalue weighted by atomic mass is 10.1. The summed E-state index contributed by atoms with van der Waals surface area (Å²) >= 11 is 5.99. The van der Waals surface area contributed by atoms with Crippen LogP contribution in [-0.2, 0) is 0 Å². The van der Waals surface area contributed by atoms with E-state index < -0.39 is 0 Å². The monoisotopic (exact) mass is 253 g/mol. The van der Waals surface area contributed by atoms with Gasteiger partial charge in [0.1, 0.15) is 0 Å². The fraction of sp³-hybridized carbons (Fsp3) is 0.500. The van der Waals surface area contributed by atoms with Crippen LogP contribution < -0.4 is 5.32 Å². The maximum Gasteiger partial charge on any atom is 0.255 e. The summed E-state index contributed by atoms with van der Waals surface area (Å²) in [5.41, 5.74) is 0.531. The van der Waals surface area contributed by atoms with E-state index in [1.165, 1.54) is 6.20 Å². The van der Waals surface area contributed by atoms with Gasteiger partial charge >= 0.3 is 0 Å². The van der Waals surface area contributed by atoms with Gasteiger partial charge in [0.2, 0.25) is 0 Å². The first-order valence-corrected chi connectivity index (χ1v) is 6.10. The first-order chi connectivity index (χ1) is 8.08. The second-order valence-corrected chi connectivity index (χ2v) is 4.94. The molecule has 1 N–H and O–H groups in total. The largest absolute Gasteiger partial charge is 0.335 e. The van der Waals surface area contributed by atoms with Crippen molar-refractivity contribution in [2.24, 2.45) is 0 Å². The number of hydrogen-bond acceptors (Lipinski definition) is 3. The van der Waals surface area contributed by atoms with Gasteiger partial charge in [-0.15, -0.1) is 0 Å². The Morgan fingerprint density at radius 2 is 2.12 bits per heavy atom. The molecule has 0 bridgehead atoms. The van der Waals surface area contributed by atoms with Crippen LogP contribution in [0.15, 0.2) is 18.5 Å². The van der Waals surface area contributed by atoms with Crippen molar-refractivity contribution in [3.8, 4) is 0 Å². The Morgan fingerprint density at radius 1 is 1.47 bits per heavy atom. The molecule has 5 heteroatoms. The lowest BCUT2D eigenvalue weighted by molar-refractivity contribution is 0.0674. The molecule has 1 aliphatic heterocycles. The second kappa shape index (κ2) is 5.02. The quantitative estimate of drug-likeness (QED) is 0.826. The fourth-order valence-corrected chi connectivity index (χ4v) is 2.41. The van der Waals surface area contributed by atoms with Crippen LogP contribution in [0.4, 0.5) is 0 Å². The topological polar surface area (TPSA) is 45.2 Å². The molecule has 4 nitrogen and oxygen atoms in total. The van der Waals surface area contributed by atoms with Gasteiger partial charge in [-0.2, -0.15) is 0 Å². The predicted octanol–water partition coefficient (Wildman–Crippen LogP) is 1.56. The zero-order chi connectivity index (χ0) is 12.4. The summed E-state index contributed by atoms with van der Waals surface area (Å²) in [6.07, 6.45) is 3.10. The van der Waals surface area contributed by atoms with Crippen LogP contribution in [0.5, 0.6) is 0 Å². The van der Waals surface area contributed by atoms with Crippen LogP contribution >= 0.6 is 11.6 Å². The van der Waals surface area contributed by atoms with Gasteiger partial charge in [-0.1, -0.05) is 11.6 Å². The lowest BCUT2D eigenvalue weighted by Crippen LogP contribution is -2.55. The minimum Gasteiger partial charge on any atom is -0.335 e. The number of carbonyl (C=O) groups excluding carboxylic acids is 1. The maximum atomic E-state index is 12.3. The minimum absolute atomic E-state index is 0.0161. The maximum absolute atomic E-state index is 12.3. The van der Waals surface area contributed by atoms with Crippen LogP contribution in [0, 0.1) is 0 Å². The number of pyridine rings is 1. The first-order valence-electron chi connectivity index (χ1n) is 5.72. The summed E-state index contributed by atoms with van der Waals surface area (Å²) in [7, 11) is 0. The second-order valence-electron chi connectivity index (χ2n) is 4.53. The van der Waals surface area contributed by atoms with Crippen LogP contribution in [0.2, 0.25) is 5.02 Å². The van der Waals surface area contributed by atoms with E-state index in [1.54, 1.807) is 12.3 Å². The normalized spacial score (nSPS) is 24.8. The molecule has 1 saturated heterocycles. The highest BCUT2D eigenvalue weighted by molar-refractivity contribution is 6.33. The van der Waals surface area contributed by atoms with Gasteiger partial charge in [0.05, 0.1) is 10.6 Å². The number of halogens is 1. The van der Waals surface area contributed by atoms with Crippen molar-refractivity contribution >= 4 is 17.5 Å². The number of carbonyl (C=O) groups is 1. The Bertz CT molecular complexity index is 414. The van der Waals surface area contributed by atoms with Gasteiger partial charge in [0, 0.05) is 37.6 Å². The van der Waals surface area contributed by atoms with Crippen molar-refractivity contribution in [2.45, 2.75) is 25.9 Å². The Hall–Kier alpha value is -1.13. The van der Waals surface area contributed by atoms with E-state index in [0.29, 0.717) is 35.8 Å². The summed E-state index contributed by atoms with van der Waals surface area (Å²) < 4.78 is 0.